The molecule has 1 aromatic heterocycles. The number of halogens is 2. The maximum atomic E-state index is 12.4. The molecule has 21 heavy (non-hydrogen) atoms. The molecule has 1 amide bonds. The number of aryl methyl sites for hydroxylation is 1. The van der Waals surface area contributed by atoms with E-state index in [1.54, 1.807) is 24.4 Å². The second-order valence-electron chi connectivity index (χ2n) is 4.48. The molecule has 0 atom stereocenters. The summed E-state index contributed by atoms with van der Waals surface area (Å²) in [4.78, 5) is 16.6. The number of hydrogen-bond acceptors (Lipinski definition) is 3. The Balaban J connectivity index is 2.30. The number of nitrogens with one attached hydrogen (secondary N) is 2. The van der Waals surface area contributed by atoms with Gasteiger partial charge in [0.2, 0.25) is 0 Å². The number of carbonyl (C=O) groups is 1. The van der Waals surface area contributed by atoms with Crippen LogP contribution in [0.4, 0.5) is 11.4 Å². The van der Waals surface area contributed by atoms with Crippen LogP contribution in [-0.4, -0.2) is 17.4 Å². The highest BCUT2D eigenvalue weighted by Crippen LogP contribution is 2.27. The summed E-state index contributed by atoms with van der Waals surface area (Å²) in [5.41, 5.74) is 2.73. The van der Waals surface area contributed by atoms with Gasteiger partial charge in [-0.15, -0.1) is 0 Å². The van der Waals surface area contributed by atoms with Crippen molar-refractivity contribution in [1.29, 1.82) is 0 Å². The lowest BCUT2D eigenvalue weighted by Crippen LogP contribution is -2.16. The second kappa shape index (κ2) is 6.91. The molecule has 2 aromatic rings. The summed E-state index contributed by atoms with van der Waals surface area (Å²) in [6.07, 6.45) is 1.57. The first-order valence-electron chi connectivity index (χ1n) is 6.48. The molecule has 0 spiro atoms. The second-order valence-corrected chi connectivity index (χ2v) is 5.77. The zero-order chi connectivity index (χ0) is 15.4. The summed E-state index contributed by atoms with van der Waals surface area (Å²) in [5.74, 6) is -0.235. The Morgan fingerprint density at radius 2 is 2.10 bits per heavy atom. The van der Waals surface area contributed by atoms with E-state index in [-0.39, 0.29) is 5.91 Å². The predicted molar refractivity (Wildman–Crippen MR) is 90.2 cm³/mol. The molecule has 0 saturated heterocycles. The normalized spacial score (nSPS) is 10.3. The van der Waals surface area contributed by atoms with Crippen LogP contribution in [0.25, 0.3) is 0 Å². The number of rotatable bonds is 4. The molecule has 0 unspecified atom stereocenters. The molecule has 0 fully saturated rings. The quantitative estimate of drug-likeness (QED) is 0.836. The number of pyridine rings is 1. The molecule has 6 heteroatoms. The minimum absolute atomic E-state index is 0.235. The first kappa shape index (κ1) is 15.8. The molecule has 0 radical (unpaired) electrons. The molecule has 2 N–H and O–H groups in total. The van der Waals surface area contributed by atoms with E-state index < -0.39 is 0 Å². The summed E-state index contributed by atoms with van der Waals surface area (Å²) < 4.78 is 0.769. The minimum Gasteiger partial charge on any atom is -0.385 e. The maximum Gasteiger partial charge on any atom is 0.259 e. The molecule has 0 saturated carbocycles. The zero-order valence-electron chi connectivity index (χ0n) is 11.7. The molecular weight excluding hydrogens is 354 g/mol. The average molecular weight is 369 g/mol. The Labute approximate surface area is 137 Å². The molecule has 2 rings (SSSR count). The van der Waals surface area contributed by atoms with Crippen LogP contribution < -0.4 is 10.6 Å². The number of nitrogens with zero attached hydrogens (tertiary/aromatic N) is 1. The fourth-order valence-electron chi connectivity index (χ4n) is 1.86. The van der Waals surface area contributed by atoms with Gasteiger partial charge in [-0.25, -0.2) is 0 Å². The van der Waals surface area contributed by atoms with Crippen molar-refractivity contribution in [3.05, 3.63) is 51.2 Å². The standard InChI is InChI=1S/C15H15BrClN3O/c1-3-18-13-6-9(2)19-8-11(13)15(21)20-14-7-10(17)4-5-12(14)16/h4-8H,3H2,1-2H3,(H,18,19)(H,20,21). The summed E-state index contributed by atoms with van der Waals surface area (Å²) in [6.45, 7) is 4.59. The van der Waals surface area contributed by atoms with Crippen molar-refractivity contribution >= 4 is 44.8 Å². The Morgan fingerprint density at radius 1 is 1.33 bits per heavy atom. The van der Waals surface area contributed by atoms with Crippen LogP contribution in [0, 0.1) is 6.92 Å². The minimum atomic E-state index is -0.235. The highest BCUT2D eigenvalue weighted by atomic mass is 79.9. The molecule has 4 nitrogen and oxygen atoms in total. The Morgan fingerprint density at radius 3 is 2.81 bits per heavy atom. The number of aromatic nitrogens is 1. The fraction of sp³-hybridized carbons (Fsp3) is 0.200. The largest absolute Gasteiger partial charge is 0.385 e. The van der Waals surface area contributed by atoms with Gasteiger partial charge in [0.05, 0.1) is 16.9 Å². The monoisotopic (exact) mass is 367 g/mol. The number of anilines is 2. The third kappa shape index (κ3) is 3.95. The van der Waals surface area contributed by atoms with Crippen molar-refractivity contribution in [3.63, 3.8) is 0 Å². The zero-order valence-corrected chi connectivity index (χ0v) is 14.0. The first-order valence-corrected chi connectivity index (χ1v) is 7.65. The van der Waals surface area contributed by atoms with Gasteiger partial charge in [-0.2, -0.15) is 0 Å². The third-order valence-electron chi connectivity index (χ3n) is 2.83. The molecule has 1 heterocycles. The fourth-order valence-corrected chi connectivity index (χ4v) is 2.38. The Kier molecular flexibility index (Phi) is 5.20. The summed E-state index contributed by atoms with van der Waals surface area (Å²) in [6, 6.07) is 7.08. The number of carbonyl (C=O) groups excluding carboxylic acids is 1. The molecule has 0 aliphatic rings. The van der Waals surface area contributed by atoms with Crippen molar-refractivity contribution in [3.8, 4) is 0 Å². The van der Waals surface area contributed by atoms with Crippen molar-refractivity contribution in [2.24, 2.45) is 0 Å². The molecule has 0 bridgehead atoms. The van der Waals surface area contributed by atoms with Crippen LogP contribution in [-0.2, 0) is 0 Å². The lowest BCUT2D eigenvalue weighted by molar-refractivity contribution is 0.102. The molecule has 1 aromatic carbocycles. The topological polar surface area (TPSA) is 54.0 Å². The third-order valence-corrected chi connectivity index (χ3v) is 3.76. The van der Waals surface area contributed by atoms with Crippen LogP contribution in [0.5, 0.6) is 0 Å². The molecule has 0 aliphatic carbocycles. The van der Waals surface area contributed by atoms with Crippen LogP contribution in [0.3, 0.4) is 0 Å². The van der Waals surface area contributed by atoms with E-state index >= 15 is 0 Å². The van der Waals surface area contributed by atoms with E-state index in [0.717, 1.165) is 22.4 Å². The van der Waals surface area contributed by atoms with Gasteiger partial charge in [-0.1, -0.05) is 11.6 Å². The first-order chi connectivity index (χ1) is 10.0. The van der Waals surface area contributed by atoms with Gasteiger partial charge in [0.25, 0.3) is 5.91 Å². The van der Waals surface area contributed by atoms with Gasteiger partial charge < -0.3 is 10.6 Å². The maximum absolute atomic E-state index is 12.4. The van der Waals surface area contributed by atoms with Crippen molar-refractivity contribution in [1.82, 2.24) is 4.98 Å². The number of hydrogen-bond donors (Lipinski definition) is 2. The van der Waals surface area contributed by atoms with Gasteiger partial charge in [0.15, 0.2) is 0 Å². The Hall–Kier alpha value is -1.59. The summed E-state index contributed by atoms with van der Waals surface area (Å²) >= 11 is 9.34. The summed E-state index contributed by atoms with van der Waals surface area (Å²) in [5, 5.41) is 6.56. The van der Waals surface area contributed by atoms with Crippen molar-refractivity contribution < 1.29 is 4.79 Å². The number of amides is 1. The van der Waals surface area contributed by atoms with Gasteiger partial charge in [0.1, 0.15) is 0 Å². The lowest BCUT2D eigenvalue weighted by Gasteiger charge is -2.12. The summed E-state index contributed by atoms with van der Waals surface area (Å²) in [7, 11) is 0. The molecular formula is C15H15BrClN3O. The van der Waals surface area contributed by atoms with E-state index in [9.17, 15) is 4.79 Å². The van der Waals surface area contributed by atoms with E-state index in [4.69, 9.17) is 11.6 Å². The Bertz CT molecular complexity index is 676. The highest BCUT2D eigenvalue weighted by Gasteiger charge is 2.14. The molecule has 110 valence electrons. The predicted octanol–water partition coefficient (Wildman–Crippen LogP) is 4.49. The van der Waals surface area contributed by atoms with Gasteiger partial charge >= 0.3 is 0 Å². The lowest BCUT2D eigenvalue weighted by atomic mass is 10.2. The van der Waals surface area contributed by atoms with Crippen LogP contribution >= 0.6 is 27.5 Å². The van der Waals surface area contributed by atoms with E-state index in [2.05, 4.69) is 31.5 Å². The van der Waals surface area contributed by atoms with Gasteiger partial charge in [-0.3, -0.25) is 9.78 Å². The van der Waals surface area contributed by atoms with E-state index in [1.807, 2.05) is 19.9 Å². The van der Waals surface area contributed by atoms with Crippen LogP contribution in [0.1, 0.15) is 23.0 Å². The van der Waals surface area contributed by atoms with Gasteiger partial charge in [-0.05, 0) is 54.0 Å². The van der Waals surface area contributed by atoms with E-state index in [1.165, 1.54) is 0 Å². The van der Waals surface area contributed by atoms with Crippen LogP contribution in [0.15, 0.2) is 34.9 Å². The van der Waals surface area contributed by atoms with Crippen molar-refractivity contribution in [2.45, 2.75) is 13.8 Å². The van der Waals surface area contributed by atoms with Crippen LogP contribution in [0.2, 0.25) is 5.02 Å². The molecule has 0 aliphatic heterocycles. The number of benzene rings is 1. The smallest absolute Gasteiger partial charge is 0.259 e. The highest BCUT2D eigenvalue weighted by molar-refractivity contribution is 9.10. The van der Waals surface area contributed by atoms with Crippen molar-refractivity contribution in [2.75, 3.05) is 17.2 Å². The van der Waals surface area contributed by atoms with E-state index in [0.29, 0.717) is 16.3 Å². The van der Waals surface area contributed by atoms with Gasteiger partial charge in [0, 0.05) is 27.9 Å². The SMILES string of the molecule is CCNc1cc(C)ncc1C(=O)Nc1cc(Cl)ccc1Br. The average Bonchev–Trinajstić information content (AvgIpc) is 2.43.